The van der Waals surface area contributed by atoms with Gasteiger partial charge in [0.15, 0.2) is 0 Å². The summed E-state index contributed by atoms with van der Waals surface area (Å²) in [6, 6.07) is 7.83. The number of aliphatic hydroxyl groups excluding tert-OH is 2. The smallest absolute Gasteiger partial charge is 0.122 e. The Hall–Kier alpha value is -1.10. The number of aliphatic hydroxyl groups is 2. The highest BCUT2D eigenvalue weighted by Crippen LogP contribution is 2.23. The molecule has 21 heavy (non-hydrogen) atoms. The van der Waals surface area contributed by atoms with Gasteiger partial charge >= 0.3 is 0 Å². The van der Waals surface area contributed by atoms with Gasteiger partial charge in [-0.05, 0) is 56.7 Å². The van der Waals surface area contributed by atoms with Crippen LogP contribution in [0, 0.1) is 12.8 Å². The molecule has 1 aliphatic carbocycles. The molecule has 1 saturated carbocycles. The lowest BCUT2D eigenvalue weighted by Gasteiger charge is -2.26. The fourth-order valence-electron chi connectivity index (χ4n) is 2.77. The minimum absolute atomic E-state index is 0.102. The van der Waals surface area contributed by atoms with E-state index in [1.165, 1.54) is 0 Å². The second-order valence-electron chi connectivity index (χ2n) is 6.06. The van der Waals surface area contributed by atoms with Crippen molar-refractivity contribution in [1.29, 1.82) is 0 Å². The number of rotatable bonds is 7. The second kappa shape index (κ2) is 8.37. The van der Waals surface area contributed by atoms with Crippen LogP contribution < -0.4 is 10.1 Å². The fourth-order valence-corrected chi connectivity index (χ4v) is 2.77. The zero-order chi connectivity index (χ0) is 15.1. The van der Waals surface area contributed by atoms with E-state index >= 15 is 0 Å². The molecule has 4 nitrogen and oxygen atoms in total. The predicted molar refractivity (Wildman–Crippen MR) is 83.5 cm³/mol. The minimum Gasteiger partial charge on any atom is -0.491 e. The summed E-state index contributed by atoms with van der Waals surface area (Å²) >= 11 is 0. The monoisotopic (exact) mass is 293 g/mol. The van der Waals surface area contributed by atoms with Gasteiger partial charge in [0, 0.05) is 6.54 Å². The van der Waals surface area contributed by atoms with Crippen molar-refractivity contribution in [1.82, 2.24) is 5.32 Å². The van der Waals surface area contributed by atoms with Crippen LogP contribution in [0.1, 0.15) is 31.2 Å². The van der Waals surface area contributed by atoms with Crippen molar-refractivity contribution in [2.75, 3.05) is 19.7 Å². The maximum absolute atomic E-state index is 9.95. The van der Waals surface area contributed by atoms with Gasteiger partial charge in [0.2, 0.25) is 0 Å². The maximum Gasteiger partial charge on any atom is 0.122 e. The SMILES string of the molecule is Cc1ccccc1OCC(O)CNCC1CCC(O)CC1. The summed E-state index contributed by atoms with van der Waals surface area (Å²) < 4.78 is 5.63. The third kappa shape index (κ3) is 5.65. The first-order chi connectivity index (χ1) is 10.1. The Morgan fingerprint density at radius 3 is 2.67 bits per heavy atom. The Labute approximate surface area is 127 Å². The largest absolute Gasteiger partial charge is 0.491 e. The molecule has 118 valence electrons. The molecular weight excluding hydrogens is 266 g/mol. The molecular formula is C17H27NO3. The molecule has 0 saturated heterocycles. The average molecular weight is 293 g/mol. The Morgan fingerprint density at radius 2 is 1.95 bits per heavy atom. The van der Waals surface area contributed by atoms with Gasteiger partial charge in [-0.3, -0.25) is 0 Å². The summed E-state index contributed by atoms with van der Waals surface area (Å²) in [4.78, 5) is 0. The predicted octanol–water partition coefficient (Wildman–Crippen LogP) is 1.88. The van der Waals surface area contributed by atoms with E-state index in [0.717, 1.165) is 43.5 Å². The second-order valence-corrected chi connectivity index (χ2v) is 6.06. The number of hydrogen-bond acceptors (Lipinski definition) is 4. The molecule has 1 fully saturated rings. The highest BCUT2D eigenvalue weighted by molar-refractivity contribution is 5.31. The number of ether oxygens (including phenoxy) is 1. The zero-order valence-corrected chi connectivity index (χ0v) is 12.8. The van der Waals surface area contributed by atoms with Crippen LogP contribution in [0.2, 0.25) is 0 Å². The number of nitrogens with one attached hydrogen (secondary N) is 1. The summed E-state index contributed by atoms with van der Waals surface area (Å²) in [7, 11) is 0. The van der Waals surface area contributed by atoms with Crippen LogP contribution in [0.3, 0.4) is 0 Å². The van der Waals surface area contributed by atoms with Crippen molar-refractivity contribution in [2.45, 2.75) is 44.8 Å². The lowest BCUT2D eigenvalue weighted by atomic mass is 9.87. The molecule has 0 spiro atoms. The molecule has 1 atom stereocenters. The van der Waals surface area contributed by atoms with Gasteiger partial charge in [-0.25, -0.2) is 0 Å². The van der Waals surface area contributed by atoms with E-state index in [2.05, 4.69) is 5.32 Å². The van der Waals surface area contributed by atoms with Crippen molar-refractivity contribution < 1.29 is 14.9 Å². The molecule has 2 rings (SSSR count). The number of para-hydroxylation sites is 1. The van der Waals surface area contributed by atoms with Crippen molar-refractivity contribution in [3.05, 3.63) is 29.8 Å². The van der Waals surface area contributed by atoms with Crippen LogP contribution >= 0.6 is 0 Å². The molecule has 0 amide bonds. The maximum atomic E-state index is 9.95. The van der Waals surface area contributed by atoms with Gasteiger partial charge in [0.05, 0.1) is 6.10 Å². The minimum atomic E-state index is -0.501. The van der Waals surface area contributed by atoms with Crippen LogP contribution in [0.15, 0.2) is 24.3 Å². The van der Waals surface area contributed by atoms with Crippen molar-refractivity contribution >= 4 is 0 Å². The van der Waals surface area contributed by atoms with E-state index in [1.54, 1.807) is 0 Å². The van der Waals surface area contributed by atoms with Crippen LogP contribution in [-0.2, 0) is 0 Å². The van der Waals surface area contributed by atoms with Crippen molar-refractivity contribution in [2.24, 2.45) is 5.92 Å². The van der Waals surface area contributed by atoms with Gasteiger partial charge in [-0.1, -0.05) is 18.2 Å². The third-order valence-corrected chi connectivity index (χ3v) is 4.15. The fraction of sp³-hybridized carbons (Fsp3) is 0.647. The van der Waals surface area contributed by atoms with Crippen molar-refractivity contribution in [3.63, 3.8) is 0 Å². The first-order valence-corrected chi connectivity index (χ1v) is 7.90. The highest BCUT2D eigenvalue weighted by Gasteiger charge is 2.19. The molecule has 1 aliphatic rings. The highest BCUT2D eigenvalue weighted by atomic mass is 16.5. The quantitative estimate of drug-likeness (QED) is 0.718. The summed E-state index contributed by atoms with van der Waals surface area (Å²) in [5.74, 6) is 1.45. The van der Waals surface area contributed by atoms with Crippen LogP contribution in [-0.4, -0.2) is 42.1 Å². The molecule has 1 aromatic rings. The van der Waals surface area contributed by atoms with Crippen LogP contribution in [0.4, 0.5) is 0 Å². The molecule has 0 radical (unpaired) electrons. The molecule has 0 aromatic heterocycles. The van der Waals surface area contributed by atoms with E-state index in [4.69, 9.17) is 4.74 Å². The third-order valence-electron chi connectivity index (χ3n) is 4.15. The Balaban J connectivity index is 1.59. The van der Waals surface area contributed by atoms with Gasteiger partial charge in [0.1, 0.15) is 18.5 Å². The number of hydrogen-bond donors (Lipinski definition) is 3. The van der Waals surface area contributed by atoms with Gasteiger partial charge in [0.25, 0.3) is 0 Å². The van der Waals surface area contributed by atoms with Gasteiger partial charge in [-0.2, -0.15) is 0 Å². The zero-order valence-electron chi connectivity index (χ0n) is 12.8. The van der Waals surface area contributed by atoms with Gasteiger partial charge < -0.3 is 20.3 Å². The lowest BCUT2D eigenvalue weighted by molar-refractivity contribution is 0.0952. The van der Waals surface area contributed by atoms with E-state index in [-0.39, 0.29) is 6.10 Å². The average Bonchev–Trinajstić information content (AvgIpc) is 2.48. The number of aryl methyl sites for hydroxylation is 1. The Kier molecular flexibility index (Phi) is 6.49. The van der Waals surface area contributed by atoms with Crippen LogP contribution in [0.25, 0.3) is 0 Å². The van der Waals surface area contributed by atoms with Crippen LogP contribution in [0.5, 0.6) is 5.75 Å². The molecule has 0 heterocycles. The first kappa shape index (κ1) is 16.3. The van der Waals surface area contributed by atoms with E-state index in [0.29, 0.717) is 19.1 Å². The molecule has 1 aromatic carbocycles. The summed E-state index contributed by atoms with van der Waals surface area (Å²) in [5.41, 5.74) is 1.08. The normalized spacial score (nSPS) is 23.8. The first-order valence-electron chi connectivity index (χ1n) is 7.90. The summed E-state index contributed by atoms with van der Waals surface area (Å²) in [6.07, 6.45) is 3.36. The lowest BCUT2D eigenvalue weighted by Crippen LogP contribution is -2.35. The molecule has 1 unspecified atom stereocenters. The Bertz CT molecular complexity index is 416. The summed E-state index contributed by atoms with van der Waals surface area (Å²) in [5, 5.41) is 22.7. The molecule has 4 heteroatoms. The van der Waals surface area contributed by atoms with E-state index < -0.39 is 6.10 Å². The van der Waals surface area contributed by atoms with Crippen molar-refractivity contribution in [3.8, 4) is 5.75 Å². The number of benzene rings is 1. The molecule has 3 N–H and O–H groups in total. The Morgan fingerprint density at radius 1 is 1.24 bits per heavy atom. The van der Waals surface area contributed by atoms with E-state index in [1.807, 2.05) is 31.2 Å². The molecule has 0 aliphatic heterocycles. The standard InChI is InChI=1S/C17H27NO3/c1-13-4-2-3-5-17(13)21-12-16(20)11-18-10-14-6-8-15(19)9-7-14/h2-5,14-16,18-20H,6-12H2,1H3. The summed E-state index contributed by atoms with van der Waals surface area (Å²) in [6.45, 7) is 3.76. The molecule has 0 bridgehead atoms. The van der Waals surface area contributed by atoms with Gasteiger partial charge in [-0.15, -0.1) is 0 Å². The topological polar surface area (TPSA) is 61.7 Å². The van der Waals surface area contributed by atoms with E-state index in [9.17, 15) is 10.2 Å².